The summed E-state index contributed by atoms with van der Waals surface area (Å²) in [4.78, 5) is 62.2. The minimum absolute atomic E-state index is 0.00381. The van der Waals surface area contributed by atoms with Crippen molar-refractivity contribution in [2.45, 2.75) is 57.5 Å². The van der Waals surface area contributed by atoms with Crippen molar-refractivity contribution in [2.75, 3.05) is 18.0 Å². The zero-order valence-electron chi connectivity index (χ0n) is 29.1. The molecule has 282 valence electrons. The summed E-state index contributed by atoms with van der Waals surface area (Å²) in [7, 11) is 0. The monoisotopic (exact) mass is 765 g/mol. The number of halogens is 5. The molecule has 8 rings (SSSR count). The van der Waals surface area contributed by atoms with Gasteiger partial charge in [-0.2, -0.15) is 0 Å². The van der Waals surface area contributed by atoms with Crippen molar-refractivity contribution in [1.82, 2.24) is 9.80 Å². The van der Waals surface area contributed by atoms with E-state index >= 15 is 0 Å². The van der Waals surface area contributed by atoms with Crippen LogP contribution in [-0.2, 0) is 25.7 Å². The fourth-order valence-electron chi connectivity index (χ4n) is 9.75. The largest absolute Gasteiger partial charge is 0.573 e. The third-order valence-electron chi connectivity index (χ3n) is 12.2. The van der Waals surface area contributed by atoms with Crippen LogP contribution in [0.25, 0.3) is 0 Å². The van der Waals surface area contributed by atoms with Crippen LogP contribution in [0.1, 0.15) is 49.7 Å². The lowest BCUT2D eigenvalue weighted by Crippen LogP contribution is -2.49. The van der Waals surface area contributed by atoms with Crippen molar-refractivity contribution >= 4 is 40.9 Å². The van der Waals surface area contributed by atoms with Crippen molar-refractivity contribution in [3.8, 4) is 11.5 Å². The molecule has 1 N–H and O–H groups in total. The van der Waals surface area contributed by atoms with Crippen LogP contribution in [0.15, 0.2) is 78.4 Å². The van der Waals surface area contributed by atoms with Crippen LogP contribution < -0.4 is 9.64 Å². The van der Waals surface area contributed by atoms with E-state index in [0.29, 0.717) is 31.5 Å². The molecule has 2 aliphatic carbocycles. The number of anilines is 1. The number of fused-ring (bicyclic) bond motifs is 4. The first-order valence-electron chi connectivity index (χ1n) is 17.9. The van der Waals surface area contributed by atoms with E-state index in [-0.39, 0.29) is 47.0 Å². The Bertz CT molecular complexity index is 2090. The number of rotatable bonds is 6. The molecule has 4 fully saturated rings. The van der Waals surface area contributed by atoms with E-state index in [4.69, 9.17) is 11.6 Å². The maximum Gasteiger partial charge on any atom is 0.573 e. The summed E-state index contributed by atoms with van der Waals surface area (Å²) in [5.41, 5.74) is -0.141. The van der Waals surface area contributed by atoms with Crippen molar-refractivity contribution in [3.63, 3.8) is 0 Å². The molecule has 3 aliphatic heterocycles. The number of ether oxygens (including phenoxy) is 1. The van der Waals surface area contributed by atoms with Gasteiger partial charge in [0.05, 0.1) is 33.9 Å². The molecule has 3 aromatic rings. The average molecular weight is 766 g/mol. The van der Waals surface area contributed by atoms with Crippen LogP contribution in [0.3, 0.4) is 0 Å². The summed E-state index contributed by atoms with van der Waals surface area (Å²) < 4.78 is 58.6. The summed E-state index contributed by atoms with van der Waals surface area (Å²) in [5.74, 6) is -8.65. The highest BCUT2D eigenvalue weighted by Crippen LogP contribution is 2.64. The number of nitrogens with zero attached hydrogens (tertiary/aromatic N) is 3. The van der Waals surface area contributed by atoms with Crippen LogP contribution in [0.2, 0.25) is 5.02 Å². The Morgan fingerprint density at radius 1 is 0.926 bits per heavy atom. The van der Waals surface area contributed by atoms with E-state index in [2.05, 4.69) is 9.64 Å². The lowest BCUT2D eigenvalue weighted by Gasteiger charge is -2.49. The molecule has 0 bridgehead atoms. The maximum absolute atomic E-state index is 14.6. The molecule has 3 aromatic carbocycles. The Hall–Kier alpha value is -4.75. The van der Waals surface area contributed by atoms with Crippen LogP contribution in [0.5, 0.6) is 11.5 Å². The van der Waals surface area contributed by atoms with Crippen LogP contribution >= 0.6 is 11.6 Å². The van der Waals surface area contributed by atoms with Crippen LogP contribution in [0, 0.1) is 34.9 Å². The number of hydrogen-bond acceptors (Lipinski definition) is 7. The molecule has 6 unspecified atom stereocenters. The van der Waals surface area contributed by atoms with E-state index in [9.17, 15) is 41.8 Å². The standard InChI is InChI=1S/C40H36ClF4N3O6/c1-39-29(36(51)48(38(39)53)23-7-11-31(42)30(41)17-23)19-27-25(34(39)28-18-24(8-12-32(28)49)54-40(43,44)45)9-10-26-33(27)37(52)47(35(26)50)22-13-15-46(16-14-22)20-21-5-3-2-4-6-21/h2-9,11-12,17-18,22,26-27,29,33-34,49H,10,13-16,19-20H2,1H3. The highest BCUT2D eigenvalue weighted by molar-refractivity contribution is 6.31. The van der Waals surface area contributed by atoms with Gasteiger partial charge in [0.1, 0.15) is 17.3 Å². The van der Waals surface area contributed by atoms with E-state index in [1.54, 1.807) is 6.08 Å². The highest BCUT2D eigenvalue weighted by Gasteiger charge is 2.68. The number of piperidine rings is 1. The summed E-state index contributed by atoms with van der Waals surface area (Å²) in [6, 6.07) is 16.0. The Balaban J connectivity index is 1.16. The van der Waals surface area contributed by atoms with Gasteiger partial charge in [-0.05, 0) is 80.5 Å². The fraction of sp³-hybridized carbons (Fsp3) is 0.400. The molecular weight excluding hydrogens is 730 g/mol. The van der Waals surface area contributed by atoms with Gasteiger partial charge in [-0.15, -0.1) is 13.2 Å². The number of allylic oxidation sites excluding steroid dienone is 2. The predicted octanol–water partition coefficient (Wildman–Crippen LogP) is 6.98. The SMILES string of the molecule is CC12C(=O)N(c3ccc(F)c(Cl)c3)C(=O)C1CC1C(=CCC3C(=O)N(C4CCN(Cc5ccccc5)CC4)C(=O)C31)C2c1cc(OC(F)(F)F)ccc1O. The summed E-state index contributed by atoms with van der Waals surface area (Å²) in [5, 5.41) is 10.9. The van der Waals surface area contributed by atoms with Gasteiger partial charge in [-0.25, -0.2) is 9.29 Å². The smallest absolute Gasteiger partial charge is 0.508 e. The molecular formula is C40H36ClF4N3O6. The second kappa shape index (κ2) is 13.2. The Kier molecular flexibility index (Phi) is 8.88. The van der Waals surface area contributed by atoms with Gasteiger partial charge in [0, 0.05) is 37.2 Å². The molecule has 14 heteroatoms. The van der Waals surface area contributed by atoms with Gasteiger partial charge in [-0.3, -0.25) is 29.0 Å². The molecule has 0 aromatic heterocycles. The Morgan fingerprint density at radius 3 is 2.33 bits per heavy atom. The molecule has 5 aliphatic rings. The van der Waals surface area contributed by atoms with Gasteiger partial charge in [0.15, 0.2) is 0 Å². The fourth-order valence-corrected chi connectivity index (χ4v) is 9.93. The van der Waals surface area contributed by atoms with Crippen molar-refractivity contribution in [3.05, 3.63) is 100 Å². The second-order valence-corrected chi connectivity index (χ2v) is 15.5. The van der Waals surface area contributed by atoms with Gasteiger partial charge in [0.25, 0.3) is 0 Å². The number of phenols is 1. The zero-order chi connectivity index (χ0) is 38.3. The number of imide groups is 2. The van der Waals surface area contributed by atoms with E-state index in [0.717, 1.165) is 47.3 Å². The van der Waals surface area contributed by atoms with Crippen LogP contribution in [0.4, 0.5) is 23.2 Å². The number of carbonyl (C=O) groups is 4. The molecule has 0 spiro atoms. The molecule has 4 amide bonds. The average Bonchev–Trinajstić information content (AvgIpc) is 3.50. The highest BCUT2D eigenvalue weighted by atomic mass is 35.5. The molecule has 9 nitrogen and oxygen atoms in total. The van der Waals surface area contributed by atoms with Crippen molar-refractivity contribution < 1.29 is 46.6 Å². The molecule has 3 saturated heterocycles. The van der Waals surface area contributed by atoms with Crippen molar-refractivity contribution in [1.29, 1.82) is 0 Å². The third kappa shape index (κ3) is 5.87. The van der Waals surface area contributed by atoms with E-state index in [1.807, 2.05) is 30.3 Å². The van der Waals surface area contributed by atoms with E-state index in [1.165, 1.54) is 17.9 Å². The Labute approximate surface area is 313 Å². The number of benzene rings is 3. The van der Waals surface area contributed by atoms with Gasteiger partial charge in [0.2, 0.25) is 23.6 Å². The summed E-state index contributed by atoms with van der Waals surface area (Å²) in [6.45, 7) is 3.62. The molecule has 1 saturated carbocycles. The van der Waals surface area contributed by atoms with Crippen LogP contribution in [-0.4, -0.2) is 64.0 Å². The molecule has 0 radical (unpaired) electrons. The normalized spacial score (nSPS) is 28.9. The van der Waals surface area contributed by atoms with Crippen molar-refractivity contribution in [2.24, 2.45) is 29.1 Å². The number of aromatic hydroxyl groups is 1. The molecule has 3 heterocycles. The molecule has 6 atom stereocenters. The zero-order valence-corrected chi connectivity index (χ0v) is 29.8. The Morgan fingerprint density at radius 2 is 1.65 bits per heavy atom. The third-order valence-corrected chi connectivity index (χ3v) is 12.5. The number of likely N-dealkylation sites (tertiary alicyclic amines) is 2. The first-order valence-corrected chi connectivity index (χ1v) is 18.3. The minimum atomic E-state index is -5.07. The predicted molar refractivity (Wildman–Crippen MR) is 187 cm³/mol. The number of phenolic OH excluding ortho intramolecular Hbond substituents is 1. The number of alkyl halides is 3. The number of carbonyl (C=O) groups excluding carboxylic acids is 4. The lowest BCUT2D eigenvalue weighted by molar-refractivity contribution is -0.274. The summed E-state index contributed by atoms with van der Waals surface area (Å²) in [6.07, 6.45) is -2.04. The quantitative estimate of drug-likeness (QED) is 0.164. The van der Waals surface area contributed by atoms with Gasteiger partial charge >= 0.3 is 6.36 Å². The second-order valence-electron chi connectivity index (χ2n) is 15.1. The minimum Gasteiger partial charge on any atom is -0.508 e. The topological polar surface area (TPSA) is 107 Å². The first kappa shape index (κ1) is 36.2. The first-order chi connectivity index (χ1) is 25.7. The lowest BCUT2D eigenvalue weighted by atomic mass is 9.51. The molecule has 54 heavy (non-hydrogen) atoms. The van der Waals surface area contributed by atoms with Gasteiger partial charge < -0.3 is 9.84 Å². The maximum atomic E-state index is 14.6. The summed E-state index contributed by atoms with van der Waals surface area (Å²) >= 11 is 6.05. The van der Waals surface area contributed by atoms with E-state index < -0.39 is 70.5 Å². The van der Waals surface area contributed by atoms with Gasteiger partial charge in [-0.1, -0.05) is 53.6 Å². The number of amides is 4. The number of hydrogen-bond donors (Lipinski definition) is 1.